The second-order valence-corrected chi connectivity index (χ2v) is 4.65. The van der Waals surface area contributed by atoms with E-state index in [4.69, 9.17) is 0 Å². The van der Waals surface area contributed by atoms with Crippen molar-refractivity contribution in [3.05, 3.63) is 48.5 Å². The van der Waals surface area contributed by atoms with Crippen molar-refractivity contribution in [1.29, 1.82) is 0 Å². The summed E-state index contributed by atoms with van der Waals surface area (Å²) in [5.74, 6) is 0.652. The highest BCUT2D eigenvalue weighted by Gasteiger charge is 2.05. The van der Waals surface area contributed by atoms with Gasteiger partial charge in [-0.2, -0.15) is 0 Å². The molecule has 0 fully saturated rings. The Hall–Kier alpha value is -1.35. The first-order valence-corrected chi connectivity index (χ1v) is 6.25. The lowest BCUT2D eigenvalue weighted by atomic mass is 10.2. The van der Waals surface area contributed by atoms with Crippen molar-refractivity contribution in [3.8, 4) is 0 Å². The van der Waals surface area contributed by atoms with Crippen LogP contribution < -0.4 is 0 Å². The van der Waals surface area contributed by atoms with Crippen LogP contribution in [0.5, 0.6) is 0 Å². The fraction of sp³-hybridized carbons (Fsp3) is 0.167. The van der Waals surface area contributed by atoms with E-state index < -0.39 is 10.8 Å². The zero-order valence-electron chi connectivity index (χ0n) is 8.37. The summed E-state index contributed by atoms with van der Waals surface area (Å²) in [6.45, 7) is 2.76. The third-order valence-electron chi connectivity index (χ3n) is 2.15. The minimum Gasteiger partial charge on any atom is -0.354 e. The van der Waals surface area contributed by atoms with Crippen LogP contribution in [0.2, 0.25) is 0 Å². The van der Waals surface area contributed by atoms with Crippen LogP contribution in [0.4, 0.5) is 0 Å². The predicted molar refractivity (Wildman–Crippen MR) is 64.0 cm³/mol. The minimum atomic E-state index is -0.789. The summed E-state index contributed by atoms with van der Waals surface area (Å²) in [4.78, 5) is 0. The Morgan fingerprint density at radius 2 is 2.20 bits per heavy atom. The number of hydrogen-bond acceptors (Lipinski definition) is 1. The van der Waals surface area contributed by atoms with Crippen LogP contribution in [0.1, 0.15) is 5.56 Å². The van der Waals surface area contributed by atoms with Gasteiger partial charge in [-0.25, -0.2) is 0 Å². The van der Waals surface area contributed by atoms with Crippen molar-refractivity contribution in [2.24, 2.45) is 0 Å². The summed E-state index contributed by atoms with van der Waals surface area (Å²) in [5, 5.41) is 0. The van der Waals surface area contributed by atoms with Crippen LogP contribution in [0, 0.1) is 6.54 Å². The van der Waals surface area contributed by atoms with Crippen molar-refractivity contribution < 1.29 is 8.78 Å². The summed E-state index contributed by atoms with van der Waals surface area (Å²) >= 11 is 0. The number of rotatable bonds is 3. The molecule has 3 heteroatoms. The molecule has 1 atom stereocenters. The average Bonchev–Trinajstić information content (AvgIpc) is 2.66. The van der Waals surface area contributed by atoms with E-state index in [0.29, 0.717) is 5.75 Å². The highest BCUT2D eigenvalue weighted by Crippen LogP contribution is 2.02. The Kier molecular flexibility index (Phi) is 3.35. The monoisotopic (exact) mass is 219 g/mol. The molecule has 1 aromatic rings. The van der Waals surface area contributed by atoms with Crippen molar-refractivity contribution in [2.75, 3.05) is 12.3 Å². The van der Waals surface area contributed by atoms with Gasteiger partial charge >= 0.3 is 0 Å². The van der Waals surface area contributed by atoms with E-state index in [2.05, 4.69) is 24.3 Å². The summed E-state index contributed by atoms with van der Waals surface area (Å²) in [7, 11) is -0.789. The highest BCUT2D eigenvalue weighted by atomic mass is 32.2. The smallest absolute Gasteiger partial charge is 0.135 e. The lowest BCUT2D eigenvalue weighted by Crippen LogP contribution is -2.04. The Morgan fingerprint density at radius 1 is 1.40 bits per heavy atom. The van der Waals surface area contributed by atoms with Gasteiger partial charge in [0.15, 0.2) is 0 Å². The van der Waals surface area contributed by atoms with Crippen molar-refractivity contribution in [2.45, 2.75) is 0 Å². The minimum absolute atomic E-state index is 0.652. The first kappa shape index (κ1) is 10.2. The number of nitrogens with zero attached hydrogens (tertiary/aromatic N) is 1. The summed E-state index contributed by atoms with van der Waals surface area (Å²) in [6.07, 6.45) is 4.15. The molecule has 1 aliphatic rings. The molecular formula is C12H13NOS. The maximum Gasteiger partial charge on any atom is 0.135 e. The van der Waals surface area contributed by atoms with Gasteiger partial charge in [0.05, 0.1) is 5.55 Å². The molecule has 0 saturated carbocycles. The van der Waals surface area contributed by atoms with Crippen molar-refractivity contribution in [3.63, 3.8) is 0 Å². The maximum absolute atomic E-state index is 11.0. The normalized spacial score (nSPS) is 20.3. The molecule has 2 rings (SSSR count). The van der Waals surface area contributed by atoms with E-state index in [0.717, 1.165) is 6.54 Å². The highest BCUT2D eigenvalue weighted by molar-refractivity contribution is 7.98. The molecule has 0 N–H and O–H groups in total. The lowest BCUT2D eigenvalue weighted by molar-refractivity contribution is -0.463. The van der Waals surface area contributed by atoms with Crippen molar-refractivity contribution in [1.82, 2.24) is 0 Å². The summed E-state index contributed by atoms with van der Waals surface area (Å²) < 4.78 is 13.0. The molecule has 0 radical (unpaired) electrons. The Balaban J connectivity index is 1.91. The van der Waals surface area contributed by atoms with Gasteiger partial charge in [-0.05, 0) is 11.6 Å². The Bertz CT molecular complexity index is 409. The van der Waals surface area contributed by atoms with E-state index in [1.165, 1.54) is 5.56 Å². The van der Waals surface area contributed by atoms with E-state index in [-0.39, 0.29) is 0 Å². The second kappa shape index (κ2) is 4.94. The van der Waals surface area contributed by atoms with Crippen LogP contribution in [0.3, 0.4) is 0 Å². The molecule has 0 aromatic heterocycles. The van der Waals surface area contributed by atoms with E-state index in [9.17, 15) is 4.21 Å². The third kappa shape index (κ3) is 3.06. The molecule has 0 amide bonds. The summed E-state index contributed by atoms with van der Waals surface area (Å²) in [6, 6.07) is 10.2. The number of benzene rings is 1. The molecule has 0 aliphatic carbocycles. The van der Waals surface area contributed by atoms with Gasteiger partial charge in [0.25, 0.3) is 0 Å². The van der Waals surface area contributed by atoms with E-state index in [1.54, 1.807) is 5.55 Å². The lowest BCUT2D eigenvalue weighted by Gasteiger charge is -1.98. The van der Waals surface area contributed by atoms with Gasteiger partial charge in [-0.1, -0.05) is 36.4 Å². The third-order valence-corrected chi connectivity index (χ3v) is 3.14. The summed E-state index contributed by atoms with van der Waals surface area (Å²) in [5.41, 5.74) is 2.95. The first-order valence-electron chi connectivity index (χ1n) is 4.87. The molecular weight excluding hydrogens is 206 g/mol. The van der Waals surface area contributed by atoms with Crippen LogP contribution in [0.25, 0.3) is 6.08 Å². The van der Waals surface area contributed by atoms with Gasteiger partial charge in [0.1, 0.15) is 6.54 Å². The molecule has 1 aliphatic heterocycles. The van der Waals surface area contributed by atoms with Gasteiger partial charge in [-0.15, -0.1) is 0 Å². The van der Waals surface area contributed by atoms with Gasteiger partial charge < -0.3 is 4.58 Å². The molecule has 78 valence electrons. The van der Waals surface area contributed by atoms with Gasteiger partial charge in [0.2, 0.25) is 0 Å². The van der Waals surface area contributed by atoms with Crippen molar-refractivity contribution >= 4 is 22.4 Å². The topological polar surface area (TPSA) is 20.1 Å². The molecule has 1 heterocycles. The molecule has 1 unspecified atom stereocenters. The molecule has 15 heavy (non-hydrogen) atoms. The van der Waals surface area contributed by atoms with Crippen LogP contribution in [-0.2, 0) is 10.8 Å². The van der Waals surface area contributed by atoms with Crippen LogP contribution >= 0.6 is 0 Å². The standard InChI is InChI=1S/C12H13NOS/c14-15-10-9-13(11-15)8-4-7-12-5-2-1-3-6-12/h1-7,9,11H,8,10H2. The zero-order valence-corrected chi connectivity index (χ0v) is 9.19. The van der Waals surface area contributed by atoms with Gasteiger partial charge in [0, 0.05) is 23.1 Å². The van der Waals surface area contributed by atoms with Crippen LogP contribution in [-0.4, -0.2) is 26.6 Å². The predicted octanol–water partition coefficient (Wildman–Crippen LogP) is 1.66. The maximum atomic E-state index is 11.0. The molecule has 0 spiro atoms. The SMILES string of the molecule is O=S1C=[N+](CC=Cc2ccccc2)[CH-]C1. The van der Waals surface area contributed by atoms with E-state index in [1.807, 2.05) is 29.3 Å². The van der Waals surface area contributed by atoms with Crippen LogP contribution in [0.15, 0.2) is 36.4 Å². The Morgan fingerprint density at radius 3 is 2.87 bits per heavy atom. The van der Waals surface area contributed by atoms with Gasteiger partial charge in [-0.3, -0.25) is 4.21 Å². The number of hydrogen-bond donors (Lipinski definition) is 0. The first-order chi connectivity index (χ1) is 7.34. The zero-order chi connectivity index (χ0) is 10.5. The Labute approximate surface area is 92.4 Å². The largest absolute Gasteiger partial charge is 0.354 e. The fourth-order valence-electron chi connectivity index (χ4n) is 1.40. The second-order valence-electron chi connectivity index (χ2n) is 3.35. The molecule has 0 bridgehead atoms. The quantitative estimate of drug-likeness (QED) is 0.559. The molecule has 1 aromatic carbocycles. The van der Waals surface area contributed by atoms with E-state index >= 15 is 0 Å². The molecule has 0 saturated heterocycles. The fourth-order valence-corrected chi connectivity index (χ4v) is 2.30. The molecule has 2 nitrogen and oxygen atoms in total. The average molecular weight is 219 g/mol.